The zero-order valence-corrected chi connectivity index (χ0v) is 12.2. The highest BCUT2D eigenvalue weighted by Crippen LogP contribution is 2.19. The normalized spacial score (nSPS) is 10.6. The van der Waals surface area contributed by atoms with Crippen LogP contribution in [-0.2, 0) is 6.67 Å². The molecule has 1 amide bonds. The van der Waals surface area contributed by atoms with Gasteiger partial charge in [-0.3, -0.25) is 19.1 Å². The molecule has 3 aromatic rings. The maximum Gasteiger partial charge on any atom is 0.259 e. The first-order valence-electron chi connectivity index (χ1n) is 6.63. The van der Waals surface area contributed by atoms with Gasteiger partial charge in [-0.15, -0.1) is 0 Å². The Hall–Kier alpha value is -2.66. The minimum absolute atomic E-state index is 0.0858. The number of hydrogen-bond acceptors (Lipinski definition) is 3. The number of hydrogen-bond donors (Lipinski definition) is 1. The van der Waals surface area contributed by atoms with Crippen molar-refractivity contribution in [2.45, 2.75) is 6.67 Å². The molecule has 0 aliphatic rings. The van der Waals surface area contributed by atoms with Crippen molar-refractivity contribution in [2.75, 3.05) is 0 Å². The van der Waals surface area contributed by atoms with E-state index in [1.807, 2.05) is 0 Å². The Kier molecular flexibility index (Phi) is 3.89. The Labute approximate surface area is 131 Å². The Balaban J connectivity index is 1.85. The summed E-state index contributed by atoms with van der Waals surface area (Å²) in [5.74, 6) is -0.263. The molecule has 0 radical (unpaired) electrons. The van der Waals surface area contributed by atoms with E-state index in [0.29, 0.717) is 21.4 Å². The van der Waals surface area contributed by atoms with E-state index in [9.17, 15) is 9.59 Å². The number of pyridine rings is 2. The summed E-state index contributed by atoms with van der Waals surface area (Å²) >= 11 is 6.07. The van der Waals surface area contributed by atoms with E-state index in [2.05, 4.69) is 10.3 Å². The monoisotopic (exact) mass is 313 g/mol. The zero-order valence-electron chi connectivity index (χ0n) is 11.5. The fourth-order valence-electron chi connectivity index (χ4n) is 2.17. The van der Waals surface area contributed by atoms with E-state index in [0.717, 1.165) is 0 Å². The highest BCUT2D eigenvalue weighted by atomic mass is 35.5. The van der Waals surface area contributed by atoms with Crippen LogP contribution in [0.2, 0.25) is 5.02 Å². The molecule has 0 fully saturated rings. The SMILES string of the molecule is O=C(NCn1ccc2c(Cl)cccc2c1=O)c1ccncc1. The lowest BCUT2D eigenvalue weighted by Gasteiger charge is -2.09. The van der Waals surface area contributed by atoms with E-state index in [-0.39, 0.29) is 18.1 Å². The number of nitrogens with zero attached hydrogens (tertiary/aromatic N) is 2. The van der Waals surface area contributed by atoms with Crippen LogP contribution in [0.1, 0.15) is 10.4 Å². The number of benzene rings is 1. The Morgan fingerprint density at radius 2 is 1.91 bits per heavy atom. The minimum Gasteiger partial charge on any atom is -0.334 e. The van der Waals surface area contributed by atoms with Crippen molar-refractivity contribution < 1.29 is 4.79 Å². The van der Waals surface area contributed by atoms with Gasteiger partial charge in [0.1, 0.15) is 0 Å². The number of nitrogens with one attached hydrogen (secondary N) is 1. The smallest absolute Gasteiger partial charge is 0.259 e. The second-order valence-electron chi connectivity index (χ2n) is 4.69. The number of fused-ring (bicyclic) bond motifs is 1. The molecule has 0 spiro atoms. The number of halogens is 1. The molecule has 1 N–H and O–H groups in total. The third kappa shape index (κ3) is 2.71. The molecule has 0 saturated carbocycles. The van der Waals surface area contributed by atoms with Crippen molar-refractivity contribution in [3.8, 4) is 0 Å². The van der Waals surface area contributed by atoms with Crippen LogP contribution in [0.5, 0.6) is 0 Å². The molecule has 110 valence electrons. The van der Waals surface area contributed by atoms with Crippen LogP contribution in [0.15, 0.2) is 59.8 Å². The van der Waals surface area contributed by atoms with Crippen LogP contribution in [0.4, 0.5) is 0 Å². The van der Waals surface area contributed by atoms with Crippen molar-refractivity contribution in [1.29, 1.82) is 0 Å². The molecule has 6 heteroatoms. The van der Waals surface area contributed by atoms with Gasteiger partial charge in [0, 0.05) is 39.9 Å². The van der Waals surface area contributed by atoms with E-state index >= 15 is 0 Å². The summed E-state index contributed by atoms with van der Waals surface area (Å²) in [6.07, 6.45) is 4.70. The van der Waals surface area contributed by atoms with Crippen LogP contribution in [0.25, 0.3) is 10.8 Å². The summed E-state index contributed by atoms with van der Waals surface area (Å²) in [5.41, 5.74) is 0.293. The van der Waals surface area contributed by atoms with Gasteiger partial charge in [0.25, 0.3) is 11.5 Å². The summed E-state index contributed by atoms with van der Waals surface area (Å²) < 4.78 is 1.43. The number of rotatable bonds is 3. The minimum atomic E-state index is -0.263. The van der Waals surface area contributed by atoms with Gasteiger partial charge < -0.3 is 5.32 Å². The molecule has 2 aromatic heterocycles. The molecule has 0 aliphatic carbocycles. The molecule has 22 heavy (non-hydrogen) atoms. The molecule has 2 heterocycles. The fraction of sp³-hybridized carbons (Fsp3) is 0.0625. The van der Waals surface area contributed by atoms with Crippen molar-refractivity contribution in [3.05, 3.63) is 75.9 Å². The second-order valence-corrected chi connectivity index (χ2v) is 5.10. The number of carbonyl (C=O) groups is 1. The van der Waals surface area contributed by atoms with Crippen molar-refractivity contribution in [2.24, 2.45) is 0 Å². The molecule has 0 atom stereocenters. The predicted molar refractivity (Wildman–Crippen MR) is 84.9 cm³/mol. The summed E-state index contributed by atoms with van der Waals surface area (Å²) in [4.78, 5) is 28.2. The topological polar surface area (TPSA) is 64.0 Å². The quantitative estimate of drug-likeness (QED) is 0.807. The van der Waals surface area contributed by atoms with Crippen molar-refractivity contribution >= 4 is 28.3 Å². The first-order valence-corrected chi connectivity index (χ1v) is 7.00. The first kappa shape index (κ1) is 14.3. The largest absolute Gasteiger partial charge is 0.334 e. The van der Waals surface area contributed by atoms with Gasteiger partial charge in [0.2, 0.25) is 0 Å². The fourth-order valence-corrected chi connectivity index (χ4v) is 2.40. The lowest BCUT2D eigenvalue weighted by Crippen LogP contribution is -2.31. The number of carbonyl (C=O) groups excluding carboxylic acids is 1. The van der Waals surface area contributed by atoms with Crippen LogP contribution in [0, 0.1) is 0 Å². The van der Waals surface area contributed by atoms with Crippen LogP contribution in [0.3, 0.4) is 0 Å². The van der Waals surface area contributed by atoms with Gasteiger partial charge in [0.15, 0.2) is 0 Å². The molecular weight excluding hydrogens is 302 g/mol. The molecule has 0 aliphatic heterocycles. The molecule has 0 bridgehead atoms. The third-order valence-electron chi connectivity index (χ3n) is 3.32. The second kappa shape index (κ2) is 5.99. The number of amides is 1. The summed E-state index contributed by atoms with van der Waals surface area (Å²) in [7, 11) is 0. The van der Waals surface area contributed by atoms with Crippen molar-refractivity contribution in [3.63, 3.8) is 0 Å². The van der Waals surface area contributed by atoms with Gasteiger partial charge in [-0.25, -0.2) is 0 Å². The maximum absolute atomic E-state index is 12.4. The van der Waals surface area contributed by atoms with E-state index in [1.54, 1.807) is 55.0 Å². The van der Waals surface area contributed by atoms with Gasteiger partial charge in [-0.05, 0) is 30.3 Å². The van der Waals surface area contributed by atoms with Gasteiger partial charge in [-0.1, -0.05) is 17.7 Å². The number of aromatic nitrogens is 2. The highest BCUT2D eigenvalue weighted by molar-refractivity contribution is 6.35. The van der Waals surface area contributed by atoms with Crippen LogP contribution >= 0.6 is 11.6 Å². The third-order valence-corrected chi connectivity index (χ3v) is 3.65. The van der Waals surface area contributed by atoms with E-state index in [4.69, 9.17) is 11.6 Å². The Morgan fingerprint density at radius 1 is 1.14 bits per heavy atom. The van der Waals surface area contributed by atoms with Gasteiger partial charge >= 0.3 is 0 Å². The lowest BCUT2D eigenvalue weighted by atomic mass is 10.2. The average molecular weight is 314 g/mol. The van der Waals surface area contributed by atoms with Crippen LogP contribution in [-0.4, -0.2) is 15.5 Å². The zero-order chi connectivity index (χ0) is 15.5. The maximum atomic E-state index is 12.4. The standard InChI is InChI=1S/C16H12ClN3O2/c17-14-3-1-2-13-12(14)6-9-20(16(13)22)10-19-15(21)11-4-7-18-8-5-11/h1-9H,10H2,(H,19,21). The van der Waals surface area contributed by atoms with Gasteiger partial charge in [-0.2, -0.15) is 0 Å². The molecular formula is C16H12ClN3O2. The highest BCUT2D eigenvalue weighted by Gasteiger charge is 2.07. The predicted octanol–water partition coefficient (Wildman–Crippen LogP) is 2.44. The molecule has 0 saturated heterocycles. The van der Waals surface area contributed by atoms with E-state index < -0.39 is 0 Å². The van der Waals surface area contributed by atoms with E-state index in [1.165, 1.54) is 4.57 Å². The summed E-state index contributed by atoms with van der Waals surface area (Å²) in [6, 6.07) is 10.2. The molecule has 3 rings (SSSR count). The summed E-state index contributed by atoms with van der Waals surface area (Å²) in [6.45, 7) is 0.0858. The van der Waals surface area contributed by atoms with Crippen molar-refractivity contribution in [1.82, 2.24) is 14.9 Å². The average Bonchev–Trinajstić information content (AvgIpc) is 2.55. The summed E-state index contributed by atoms with van der Waals surface area (Å²) in [5, 5.41) is 4.45. The Morgan fingerprint density at radius 3 is 2.68 bits per heavy atom. The molecule has 5 nitrogen and oxygen atoms in total. The first-order chi connectivity index (χ1) is 10.7. The van der Waals surface area contributed by atoms with Gasteiger partial charge in [0.05, 0.1) is 6.67 Å². The molecule has 0 unspecified atom stereocenters. The lowest BCUT2D eigenvalue weighted by molar-refractivity contribution is 0.0941. The Bertz CT molecular complexity index is 891. The molecule has 1 aromatic carbocycles. The van der Waals surface area contributed by atoms with Crippen LogP contribution < -0.4 is 10.9 Å².